The van der Waals surface area contributed by atoms with Gasteiger partial charge in [0.1, 0.15) is 11.2 Å². The summed E-state index contributed by atoms with van der Waals surface area (Å²) in [5.41, 5.74) is 6.95. The molecular weight excluding hydrogens is 625 g/mol. The van der Waals surface area contributed by atoms with Crippen molar-refractivity contribution in [1.29, 1.82) is 0 Å². The zero-order valence-corrected chi connectivity index (χ0v) is 26.9. The van der Waals surface area contributed by atoms with Crippen molar-refractivity contribution in [3.05, 3.63) is 120 Å². The van der Waals surface area contributed by atoms with Crippen LogP contribution >= 0.6 is 45.3 Å². The number of benzene rings is 6. The Hall–Kier alpha value is -4.52. The summed E-state index contributed by atoms with van der Waals surface area (Å²) in [6, 6.07) is 40.2. The van der Waals surface area contributed by atoms with Crippen molar-refractivity contribution in [2.24, 2.45) is 0 Å². The van der Waals surface area contributed by atoms with Crippen LogP contribution < -0.4 is 0 Å². The molecule has 0 atom stereocenters. The van der Waals surface area contributed by atoms with E-state index in [1.165, 1.54) is 93.5 Å². The second-order valence-corrected chi connectivity index (χ2v) is 15.5. The Morgan fingerprint density at radius 3 is 1.36 bits per heavy atom. The number of rotatable bonds is 2. The SMILES string of the molecule is c1ccc2c(c1)sc1c(-c3cc4oc5cc(-c6cccc7c6sc6ccccc67)c6ccsc6c5c4c4sccc34)cccc12. The van der Waals surface area contributed by atoms with Crippen molar-refractivity contribution < 1.29 is 4.42 Å². The molecule has 0 radical (unpaired) electrons. The molecule has 0 saturated heterocycles. The Bertz CT molecular complexity index is 2790. The third-order valence-corrected chi connectivity index (χ3v) is 13.6. The predicted octanol–water partition coefficient (Wildman–Crippen LogP) is 14.1. The molecule has 11 aromatic rings. The van der Waals surface area contributed by atoms with Gasteiger partial charge in [-0.15, -0.1) is 45.3 Å². The summed E-state index contributed by atoms with van der Waals surface area (Å²) in [4.78, 5) is 0. The average molecular weight is 645 g/mol. The third kappa shape index (κ3) is 3.31. The summed E-state index contributed by atoms with van der Waals surface area (Å²) in [5.74, 6) is 0. The Balaban J connectivity index is 1.22. The zero-order chi connectivity index (χ0) is 29.2. The van der Waals surface area contributed by atoms with Crippen LogP contribution in [0.3, 0.4) is 0 Å². The molecule has 0 aliphatic heterocycles. The van der Waals surface area contributed by atoms with Gasteiger partial charge in [-0.25, -0.2) is 0 Å². The quantitative estimate of drug-likeness (QED) is 0.182. The number of thiophene rings is 4. The molecular formula is C40H20OS4. The molecule has 11 rings (SSSR count). The van der Waals surface area contributed by atoms with Crippen LogP contribution in [0.1, 0.15) is 0 Å². The van der Waals surface area contributed by atoms with Crippen LogP contribution in [0.25, 0.3) is 105 Å². The van der Waals surface area contributed by atoms with Crippen molar-refractivity contribution >= 4 is 128 Å². The standard InChI is InChI=1S/C40H20OS4/c1-3-13-33-21(7-1)23-9-5-11-25(37(23)44-33)29-19-31-35(39-27(29)15-17-42-39)36-32(41-31)20-30(28-16-18-43-40(28)36)26-12-6-10-24-22-8-2-4-14-34(22)45-38(24)26/h1-20H. The Morgan fingerprint density at radius 2 is 0.844 bits per heavy atom. The van der Waals surface area contributed by atoms with Crippen molar-refractivity contribution in [2.75, 3.05) is 0 Å². The van der Waals surface area contributed by atoms with E-state index in [0.717, 1.165) is 11.2 Å². The first-order valence-corrected chi connectivity index (χ1v) is 18.3. The van der Waals surface area contributed by atoms with Crippen LogP contribution in [0.15, 0.2) is 124 Å². The van der Waals surface area contributed by atoms with E-state index in [1.807, 2.05) is 45.3 Å². The lowest BCUT2D eigenvalue weighted by atomic mass is 9.96. The fraction of sp³-hybridized carbons (Fsp3) is 0. The van der Waals surface area contributed by atoms with Crippen LogP contribution in [0.5, 0.6) is 0 Å². The van der Waals surface area contributed by atoms with Gasteiger partial charge in [0.05, 0.1) is 0 Å². The van der Waals surface area contributed by atoms with Gasteiger partial charge in [-0.2, -0.15) is 0 Å². The number of hydrogen-bond acceptors (Lipinski definition) is 5. The van der Waals surface area contributed by atoms with Gasteiger partial charge in [0.25, 0.3) is 0 Å². The molecule has 0 fully saturated rings. The number of hydrogen-bond donors (Lipinski definition) is 0. The molecule has 45 heavy (non-hydrogen) atoms. The molecule has 0 aliphatic rings. The molecule has 0 saturated carbocycles. The molecule has 0 N–H and O–H groups in total. The van der Waals surface area contributed by atoms with Gasteiger partial charge in [-0.05, 0) is 58.3 Å². The monoisotopic (exact) mass is 644 g/mol. The Labute approximate surface area is 272 Å². The van der Waals surface area contributed by atoms with Gasteiger partial charge < -0.3 is 4.42 Å². The minimum atomic E-state index is 0.958. The fourth-order valence-corrected chi connectivity index (χ4v) is 11.7. The summed E-state index contributed by atoms with van der Waals surface area (Å²) in [5, 5.41) is 14.8. The van der Waals surface area contributed by atoms with Crippen LogP contribution in [0.2, 0.25) is 0 Å². The predicted molar refractivity (Wildman–Crippen MR) is 201 cm³/mol. The molecule has 0 aliphatic carbocycles. The van der Waals surface area contributed by atoms with Gasteiger partial charge in [0, 0.05) is 82.4 Å². The van der Waals surface area contributed by atoms with E-state index >= 15 is 0 Å². The van der Waals surface area contributed by atoms with Crippen LogP contribution in [0.4, 0.5) is 0 Å². The topological polar surface area (TPSA) is 13.1 Å². The van der Waals surface area contributed by atoms with Crippen LogP contribution in [0, 0.1) is 0 Å². The third-order valence-electron chi connectivity index (χ3n) is 9.27. The molecule has 5 aromatic heterocycles. The van der Waals surface area contributed by atoms with E-state index in [0.29, 0.717) is 0 Å². The molecule has 5 heterocycles. The molecule has 0 spiro atoms. The second kappa shape index (κ2) is 9.03. The van der Waals surface area contributed by atoms with E-state index < -0.39 is 0 Å². The molecule has 0 bridgehead atoms. The molecule has 210 valence electrons. The first-order chi connectivity index (χ1) is 22.3. The van der Waals surface area contributed by atoms with Crippen LogP contribution in [-0.2, 0) is 0 Å². The van der Waals surface area contributed by atoms with E-state index in [-0.39, 0.29) is 0 Å². The lowest BCUT2D eigenvalue weighted by Crippen LogP contribution is -1.82. The van der Waals surface area contributed by atoms with Crippen molar-refractivity contribution in [3.63, 3.8) is 0 Å². The van der Waals surface area contributed by atoms with Crippen molar-refractivity contribution in [2.45, 2.75) is 0 Å². The Morgan fingerprint density at radius 1 is 0.378 bits per heavy atom. The summed E-state index contributed by atoms with van der Waals surface area (Å²) in [6.07, 6.45) is 0. The van der Waals surface area contributed by atoms with Gasteiger partial charge >= 0.3 is 0 Å². The molecule has 6 aromatic carbocycles. The summed E-state index contributed by atoms with van der Waals surface area (Å²) < 4.78 is 14.8. The maximum Gasteiger partial charge on any atom is 0.137 e. The highest BCUT2D eigenvalue weighted by Gasteiger charge is 2.22. The maximum atomic E-state index is 6.89. The highest BCUT2D eigenvalue weighted by atomic mass is 32.1. The van der Waals surface area contributed by atoms with E-state index in [9.17, 15) is 0 Å². The average Bonchev–Trinajstić information content (AvgIpc) is 3.90. The molecule has 0 unspecified atom stereocenters. The first kappa shape index (κ1) is 24.8. The van der Waals surface area contributed by atoms with Gasteiger partial charge in [0.2, 0.25) is 0 Å². The fourth-order valence-electron chi connectivity index (χ4n) is 7.33. The maximum absolute atomic E-state index is 6.89. The zero-order valence-electron chi connectivity index (χ0n) is 23.6. The molecule has 0 amide bonds. The summed E-state index contributed by atoms with van der Waals surface area (Å²) in [6.45, 7) is 0. The van der Waals surface area contributed by atoms with Crippen LogP contribution in [-0.4, -0.2) is 0 Å². The minimum Gasteiger partial charge on any atom is -0.456 e. The van der Waals surface area contributed by atoms with Crippen molar-refractivity contribution in [1.82, 2.24) is 0 Å². The van der Waals surface area contributed by atoms with Gasteiger partial charge in [-0.1, -0.05) is 72.8 Å². The Kier molecular flexibility index (Phi) is 4.97. The second-order valence-electron chi connectivity index (χ2n) is 11.6. The lowest BCUT2D eigenvalue weighted by Gasteiger charge is -2.08. The normalized spacial score (nSPS) is 12.4. The first-order valence-electron chi connectivity index (χ1n) is 14.9. The highest BCUT2D eigenvalue weighted by Crippen LogP contribution is 2.50. The summed E-state index contributed by atoms with van der Waals surface area (Å²) in [7, 11) is 0. The van der Waals surface area contributed by atoms with Crippen molar-refractivity contribution in [3.8, 4) is 22.3 Å². The molecule has 5 heteroatoms. The summed E-state index contributed by atoms with van der Waals surface area (Å²) >= 11 is 7.41. The van der Waals surface area contributed by atoms with E-state index in [2.05, 4.69) is 120 Å². The number of fused-ring (bicyclic) bond motifs is 13. The van der Waals surface area contributed by atoms with E-state index in [1.54, 1.807) is 0 Å². The van der Waals surface area contributed by atoms with Gasteiger partial charge in [-0.3, -0.25) is 0 Å². The largest absolute Gasteiger partial charge is 0.456 e. The highest BCUT2D eigenvalue weighted by molar-refractivity contribution is 7.27. The molecule has 1 nitrogen and oxygen atoms in total. The lowest BCUT2D eigenvalue weighted by molar-refractivity contribution is 0.670. The minimum absolute atomic E-state index is 0.958. The van der Waals surface area contributed by atoms with Gasteiger partial charge in [0.15, 0.2) is 0 Å². The smallest absolute Gasteiger partial charge is 0.137 e. The van der Waals surface area contributed by atoms with E-state index in [4.69, 9.17) is 4.42 Å². The number of furan rings is 1.